The highest BCUT2D eigenvalue weighted by Gasteiger charge is 2.36. The van der Waals surface area contributed by atoms with E-state index in [2.05, 4.69) is 5.18 Å². The van der Waals surface area contributed by atoms with Crippen molar-refractivity contribution in [3.63, 3.8) is 0 Å². The molecule has 0 atom stereocenters. The summed E-state index contributed by atoms with van der Waals surface area (Å²) in [4.78, 5) is 20.5. The Morgan fingerprint density at radius 1 is 1.45 bits per heavy atom. The Labute approximate surface area is 64.0 Å². The number of aliphatic hydroxyl groups excluding tert-OH is 2. The molecule has 11 heavy (non-hydrogen) atoms. The van der Waals surface area contributed by atoms with Crippen LogP contribution in [-0.4, -0.2) is 29.3 Å². The van der Waals surface area contributed by atoms with Gasteiger partial charge < -0.3 is 10.2 Å². The van der Waals surface area contributed by atoms with E-state index in [4.69, 9.17) is 10.2 Å². The van der Waals surface area contributed by atoms with Gasteiger partial charge in [0, 0.05) is 5.18 Å². The average molecular weight is 161 g/mol. The second kappa shape index (κ2) is 4.15. The quantitative estimate of drug-likeness (QED) is 0.552. The number of nitrogens with zero attached hydrogens (tertiary/aromatic N) is 1. The summed E-state index contributed by atoms with van der Waals surface area (Å²) in [6.07, 6.45) is 0.199. The van der Waals surface area contributed by atoms with Crippen LogP contribution in [0.1, 0.15) is 13.3 Å². The Balaban J connectivity index is 4.52. The van der Waals surface area contributed by atoms with Crippen LogP contribution in [-0.2, 0) is 4.79 Å². The molecule has 0 spiro atoms. The molecule has 0 unspecified atom stereocenters. The lowest BCUT2D eigenvalue weighted by atomic mass is 9.86. The van der Waals surface area contributed by atoms with E-state index in [1.54, 1.807) is 6.92 Å². The van der Waals surface area contributed by atoms with Crippen LogP contribution < -0.4 is 0 Å². The van der Waals surface area contributed by atoms with Crippen LogP contribution >= 0.6 is 0 Å². The Kier molecular flexibility index (Phi) is 3.84. The molecule has 1 amide bonds. The summed E-state index contributed by atoms with van der Waals surface area (Å²) in [6.45, 7) is 0.491. The normalized spacial score (nSPS) is 11.2. The minimum absolute atomic E-state index is 0.199. The second-order valence-electron chi connectivity index (χ2n) is 2.35. The van der Waals surface area contributed by atoms with Crippen LogP contribution in [0.5, 0.6) is 0 Å². The number of nitroso groups, excluding NO2 is 1. The average Bonchev–Trinajstić information content (AvgIpc) is 2.08. The molecule has 0 saturated carbocycles. The van der Waals surface area contributed by atoms with Gasteiger partial charge in [0.1, 0.15) is 5.41 Å². The smallest absolute Gasteiger partial charge is 0.297 e. The highest BCUT2D eigenvalue weighted by Crippen LogP contribution is 2.21. The van der Waals surface area contributed by atoms with Crippen LogP contribution in [0.15, 0.2) is 5.18 Å². The molecule has 0 bridgehead atoms. The molecule has 0 fully saturated rings. The summed E-state index contributed by atoms with van der Waals surface area (Å²) >= 11 is 0. The van der Waals surface area contributed by atoms with Gasteiger partial charge in [-0.1, -0.05) is 6.92 Å². The van der Waals surface area contributed by atoms with Gasteiger partial charge in [-0.2, -0.15) is 0 Å². The van der Waals surface area contributed by atoms with Crippen molar-refractivity contribution in [3.8, 4) is 0 Å². The Morgan fingerprint density at radius 2 is 1.91 bits per heavy atom. The molecular weight excluding hydrogens is 150 g/mol. The first-order valence-corrected chi connectivity index (χ1v) is 3.26. The Morgan fingerprint density at radius 3 is 2.00 bits per heavy atom. The molecule has 5 nitrogen and oxygen atoms in total. The van der Waals surface area contributed by atoms with E-state index in [0.717, 1.165) is 0 Å². The van der Waals surface area contributed by atoms with Gasteiger partial charge in [0.05, 0.1) is 13.2 Å². The highest BCUT2D eigenvalue weighted by atomic mass is 16.3. The lowest BCUT2D eigenvalue weighted by Gasteiger charge is -2.21. The van der Waals surface area contributed by atoms with E-state index < -0.39 is 24.5 Å². The predicted molar refractivity (Wildman–Crippen MR) is 37.7 cm³/mol. The van der Waals surface area contributed by atoms with Crippen LogP contribution in [0, 0.1) is 10.3 Å². The zero-order chi connectivity index (χ0) is 8.91. The number of aliphatic hydroxyl groups is 2. The van der Waals surface area contributed by atoms with Crippen molar-refractivity contribution in [2.45, 2.75) is 13.3 Å². The molecule has 64 valence electrons. The molecule has 0 rings (SSSR count). The van der Waals surface area contributed by atoms with Crippen molar-refractivity contribution < 1.29 is 15.0 Å². The number of rotatable bonds is 4. The van der Waals surface area contributed by atoms with E-state index in [1.165, 1.54) is 0 Å². The van der Waals surface area contributed by atoms with Gasteiger partial charge in [0.25, 0.3) is 5.91 Å². The predicted octanol–water partition coefficient (Wildman–Crippen LogP) is -0.340. The summed E-state index contributed by atoms with van der Waals surface area (Å²) in [6, 6.07) is 0. The van der Waals surface area contributed by atoms with Gasteiger partial charge in [0.15, 0.2) is 0 Å². The number of hydrogen-bond acceptors (Lipinski definition) is 4. The van der Waals surface area contributed by atoms with Gasteiger partial charge in [-0.05, 0) is 6.42 Å². The molecular formula is C6H11NO4. The van der Waals surface area contributed by atoms with Crippen molar-refractivity contribution in [1.82, 2.24) is 0 Å². The molecule has 2 N–H and O–H groups in total. The first-order valence-electron chi connectivity index (χ1n) is 3.26. The molecule has 0 aliphatic carbocycles. The van der Waals surface area contributed by atoms with Crippen molar-refractivity contribution >= 4 is 5.91 Å². The fraction of sp³-hybridized carbons (Fsp3) is 0.833. The molecule has 0 aromatic carbocycles. The topological polar surface area (TPSA) is 87.0 Å². The van der Waals surface area contributed by atoms with Gasteiger partial charge in [-0.3, -0.25) is 4.79 Å². The molecule has 0 aromatic rings. The summed E-state index contributed by atoms with van der Waals surface area (Å²) < 4.78 is 0. The van der Waals surface area contributed by atoms with Gasteiger partial charge >= 0.3 is 0 Å². The number of amides is 1. The molecule has 5 heteroatoms. The van der Waals surface area contributed by atoms with Gasteiger partial charge in [-0.15, -0.1) is 4.91 Å². The molecule has 0 saturated heterocycles. The fourth-order valence-corrected chi connectivity index (χ4v) is 0.657. The van der Waals surface area contributed by atoms with Crippen molar-refractivity contribution in [2.24, 2.45) is 10.6 Å². The molecule has 0 aliphatic heterocycles. The lowest BCUT2D eigenvalue weighted by Crippen LogP contribution is -2.36. The maximum atomic E-state index is 10.7. The van der Waals surface area contributed by atoms with E-state index in [-0.39, 0.29) is 6.42 Å². The van der Waals surface area contributed by atoms with Crippen LogP contribution in [0.3, 0.4) is 0 Å². The molecule has 0 aromatic heterocycles. The SMILES string of the molecule is CCC(CO)(CO)C(=O)N=O. The Hall–Kier alpha value is -0.810. The Bertz CT molecular complexity index is 144. The molecule has 0 heterocycles. The first kappa shape index (κ1) is 10.2. The summed E-state index contributed by atoms with van der Waals surface area (Å²) in [5.41, 5.74) is -1.37. The summed E-state index contributed by atoms with van der Waals surface area (Å²) in [5, 5.41) is 19.6. The van der Waals surface area contributed by atoms with Crippen LogP contribution in [0.2, 0.25) is 0 Å². The zero-order valence-corrected chi connectivity index (χ0v) is 6.28. The minimum Gasteiger partial charge on any atom is -0.395 e. The largest absolute Gasteiger partial charge is 0.395 e. The zero-order valence-electron chi connectivity index (χ0n) is 6.28. The summed E-state index contributed by atoms with van der Waals surface area (Å²) in [7, 11) is 0. The number of carbonyl (C=O) groups is 1. The van der Waals surface area contributed by atoms with E-state index >= 15 is 0 Å². The molecule has 0 aliphatic rings. The van der Waals surface area contributed by atoms with E-state index in [0.29, 0.717) is 0 Å². The van der Waals surface area contributed by atoms with Gasteiger partial charge in [-0.25, -0.2) is 0 Å². The van der Waals surface area contributed by atoms with Crippen molar-refractivity contribution in [1.29, 1.82) is 0 Å². The van der Waals surface area contributed by atoms with Gasteiger partial charge in [0.2, 0.25) is 0 Å². The number of hydrogen-bond donors (Lipinski definition) is 2. The maximum Gasteiger partial charge on any atom is 0.297 e. The summed E-state index contributed by atoms with van der Waals surface area (Å²) in [5.74, 6) is -0.995. The fourth-order valence-electron chi connectivity index (χ4n) is 0.657. The highest BCUT2D eigenvalue weighted by molar-refractivity contribution is 5.83. The standard InChI is InChI=1S/C6H11NO4/c1-2-6(3-8,4-9)5(10)7-11/h8-9H,2-4H2,1H3. The van der Waals surface area contributed by atoms with Crippen molar-refractivity contribution in [3.05, 3.63) is 4.91 Å². The molecule has 0 radical (unpaired) electrons. The second-order valence-corrected chi connectivity index (χ2v) is 2.35. The lowest BCUT2D eigenvalue weighted by molar-refractivity contribution is -0.132. The third kappa shape index (κ3) is 1.81. The third-order valence-corrected chi connectivity index (χ3v) is 1.82. The monoisotopic (exact) mass is 161 g/mol. The first-order chi connectivity index (χ1) is 5.16. The van der Waals surface area contributed by atoms with Crippen molar-refractivity contribution in [2.75, 3.05) is 13.2 Å². The number of carbonyl (C=O) groups excluding carboxylic acids is 1. The van der Waals surface area contributed by atoms with Crippen LogP contribution in [0.25, 0.3) is 0 Å². The minimum atomic E-state index is -1.37. The van der Waals surface area contributed by atoms with Crippen LogP contribution in [0.4, 0.5) is 0 Å². The van der Waals surface area contributed by atoms with E-state index in [1.807, 2.05) is 0 Å². The maximum absolute atomic E-state index is 10.7. The third-order valence-electron chi connectivity index (χ3n) is 1.82. The van der Waals surface area contributed by atoms with E-state index in [9.17, 15) is 9.70 Å².